The summed E-state index contributed by atoms with van der Waals surface area (Å²) in [7, 11) is -3.10. The third-order valence-electron chi connectivity index (χ3n) is 5.68. The highest BCUT2D eigenvalue weighted by Crippen LogP contribution is 2.34. The monoisotopic (exact) mass is 366 g/mol. The fourth-order valence-corrected chi connectivity index (χ4v) is 6.04. The van der Waals surface area contributed by atoms with Gasteiger partial charge in [-0.25, -0.2) is 8.42 Å². The van der Waals surface area contributed by atoms with Crippen LogP contribution in [0.25, 0.3) is 0 Å². The molecule has 3 heterocycles. The van der Waals surface area contributed by atoms with E-state index in [-0.39, 0.29) is 35.4 Å². The van der Waals surface area contributed by atoms with E-state index in [2.05, 4.69) is 15.1 Å². The molecule has 1 aromatic rings. The molecule has 1 aliphatic carbocycles. The lowest BCUT2D eigenvalue weighted by Gasteiger charge is -2.43. The first kappa shape index (κ1) is 17.0. The first-order valence-electron chi connectivity index (χ1n) is 9.15. The van der Waals surface area contributed by atoms with Crippen molar-refractivity contribution in [3.63, 3.8) is 0 Å². The zero-order valence-corrected chi connectivity index (χ0v) is 15.6. The summed E-state index contributed by atoms with van der Waals surface area (Å²) in [5, 5.41) is 7.08. The van der Waals surface area contributed by atoms with Gasteiger partial charge in [0.15, 0.2) is 9.84 Å². The summed E-state index contributed by atoms with van der Waals surface area (Å²) in [6, 6.07) is 1.48. The van der Waals surface area contributed by atoms with Gasteiger partial charge in [0.2, 0.25) is 0 Å². The average molecular weight is 366 g/mol. The molecule has 0 radical (unpaired) electrons. The van der Waals surface area contributed by atoms with Crippen molar-refractivity contribution >= 4 is 15.7 Å². The van der Waals surface area contributed by atoms with Gasteiger partial charge in [-0.3, -0.25) is 14.8 Å². The molecule has 25 heavy (non-hydrogen) atoms. The van der Waals surface area contributed by atoms with Crippen LogP contribution in [0, 0.1) is 5.92 Å². The highest BCUT2D eigenvalue weighted by atomic mass is 32.2. The summed E-state index contributed by atoms with van der Waals surface area (Å²) in [4.78, 5) is 17.0. The first-order chi connectivity index (χ1) is 11.8. The highest BCUT2D eigenvalue weighted by molar-refractivity contribution is 7.91. The Labute approximate surface area is 148 Å². The molecule has 2 unspecified atom stereocenters. The fraction of sp³-hybridized carbons (Fsp3) is 0.765. The standard InChI is InChI=1S/C17H26N4O3S/c1-11(2)13-7-14(19-18-13)17(22)21-6-5-20(8-12-3-4-12)15-9-25(23,24)10-16(15)21/h7,11-12,15-16H,3-6,8-10H2,1-2H3,(H,18,19). The lowest BCUT2D eigenvalue weighted by Crippen LogP contribution is -2.60. The summed E-state index contributed by atoms with van der Waals surface area (Å²) in [5.41, 5.74) is 1.31. The Kier molecular flexibility index (Phi) is 4.15. The van der Waals surface area contributed by atoms with Crippen molar-refractivity contribution in [2.24, 2.45) is 5.92 Å². The van der Waals surface area contributed by atoms with Crippen LogP contribution in [0.15, 0.2) is 6.07 Å². The molecule has 0 aromatic carbocycles. The molecule has 7 nitrogen and oxygen atoms in total. The number of sulfone groups is 1. The zero-order valence-electron chi connectivity index (χ0n) is 14.8. The van der Waals surface area contributed by atoms with Gasteiger partial charge in [-0.05, 0) is 30.7 Å². The van der Waals surface area contributed by atoms with Gasteiger partial charge in [-0.15, -0.1) is 0 Å². The second-order valence-corrected chi connectivity index (χ2v) is 10.2. The number of carbonyl (C=O) groups is 1. The van der Waals surface area contributed by atoms with Crippen LogP contribution in [0.1, 0.15) is 48.8 Å². The van der Waals surface area contributed by atoms with Crippen LogP contribution < -0.4 is 0 Å². The molecule has 4 rings (SSSR count). The molecule has 1 saturated carbocycles. The van der Waals surface area contributed by atoms with Gasteiger partial charge in [-0.2, -0.15) is 5.10 Å². The van der Waals surface area contributed by atoms with Crippen molar-refractivity contribution in [2.45, 2.75) is 44.7 Å². The zero-order chi connectivity index (χ0) is 17.8. The Morgan fingerprint density at radius 1 is 1.28 bits per heavy atom. The van der Waals surface area contributed by atoms with Crippen LogP contribution in [0.2, 0.25) is 0 Å². The van der Waals surface area contributed by atoms with Crippen molar-refractivity contribution in [3.05, 3.63) is 17.5 Å². The third-order valence-corrected chi connectivity index (χ3v) is 7.38. The number of amides is 1. The summed E-state index contributed by atoms with van der Waals surface area (Å²) in [5.74, 6) is 1.08. The lowest BCUT2D eigenvalue weighted by atomic mass is 10.0. The van der Waals surface area contributed by atoms with Crippen LogP contribution >= 0.6 is 0 Å². The van der Waals surface area contributed by atoms with Gasteiger partial charge in [0.1, 0.15) is 5.69 Å². The molecule has 1 amide bonds. The maximum atomic E-state index is 13.0. The normalized spacial score (nSPS) is 29.2. The number of aromatic nitrogens is 2. The number of hydrogen-bond donors (Lipinski definition) is 1. The number of rotatable bonds is 4. The molecule has 2 aliphatic heterocycles. The number of nitrogens with zero attached hydrogens (tertiary/aromatic N) is 3. The molecule has 138 valence electrons. The largest absolute Gasteiger partial charge is 0.330 e. The van der Waals surface area contributed by atoms with E-state index in [1.165, 1.54) is 12.8 Å². The molecule has 2 saturated heterocycles. The van der Waals surface area contributed by atoms with E-state index in [9.17, 15) is 13.2 Å². The number of fused-ring (bicyclic) bond motifs is 1. The summed E-state index contributed by atoms with van der Waals surface area (Å²) >= 11 is 0. The molecule has 1 N–H and O–H groups in total. The van der Waals surface area contributed by atoms with Gasteiger partial charge in [0.25, 0.3) is 5.91 Å². The molecular formula is C17H26N4O3S. The van der Waals surface area contributed by atoms with Crippen molar-refractivity contribution in [1.29, 1.82) is 0 Å². The fourth-order valence-electron chi connectivity index (χ4n) is 4.02. The molecule has 8 heteroatoms. The van der Waals surface area contributed by atoms with Crippen molar-refractivity contribution in [2.75, 3.05) is 31.1 Å². The predicted octanol–water partition coefficient (Wildman–Crippen LogP) is 0.867. The van der Waals surface area contributed by atoms with Gasteiger partial charge >= 0.3 is 0 Å². The van der Waals surface area contributed by atoms with E-state index in [1.54, 1.807) is 11.0 Å². The van der Waals surface area contributed by atoms with Crippen molar-refractivity contribution < 1.29 is 13.2 Å². The van der Waals surface area contributed by atoms with Crippen molar-refractivity contribution in [1.82, 2.24) is 20.0 Å². The van der Waals surface area contributed by atoms with E-state index in [0.717, 1.165) is 18.8 Å². The Morgan fingerprint density at radius 3 is 2.64 bits per heavy atom. The van der Waals surface area contributed by atoms with Crippen LogP contribution in [0.3, 0.4) is 0 Å². The number of H-pyrrole nitrogens is 1. The van der Waals surface area contributed by atoms with Gasteiger partial charge in [0, 0.05) is 31.4 Å². The SMILES string of the molecule is CC(C)c1cc(C(=O)N2CCN(CC3CC3)C3CS(=O)(=O)CC32)n[nH]1. The second kappa shape index (κ2) is 6.09. The lowest BCUT2D eigenvalue weighted by molar-refractivity contribution is 0.0313. The van der Waals surface area contributed by atoms with E-state index < -0.39 is 9.84 Å². The minimum Gasteiger partial charge on any atom is -0.330 e. The molecule has 3 aliphatic rings. The molecule has 0 bridgehead atoms. The quantitative estimate of drug-likeness (QED) is 0.854. The van der Waals surface area contributed by atoms with Crippen LogP contribution in [-0.2, 0) is 9.84 Å². The Bertz CT molecular complexity index is 769. The van der Waals surface area contributed by atoms with E-state index >= 15 is 0 Å². The minimum absolute atomic E-state index is 0.0631. The number of hydrogen-bond acceptors (Lipinski definition) is 5. The summed E-state index contributed by atoms with van der Waals surface area (Å²) < 4.78 is 24.5. The molecule has 1 aromatic heterocycles. The van der Waals surface area contributed by atoms with Gasteiger partial charge < -0.3 is 4.90 Å². The maximum absolute atomic E-state index is 13.0. The Hall–Kier alpha value is -1.41. The maximum Gasteiger partial charge on any atom is 0.274 e. The predicted molar refractivity (Wildman–Crippen MR) is 94.2 cm³/mol. The smallest absolute Gasteiger partial charge is 0.274 e. The first-order valence-corrected chi connectivity index (χ1v) is 11.0. The summed E-state index contributed by atoms with van der Waals surface area (Å²) in [6.07, 6.45) is 2.49. The summed E-state index contributed by atoms with van der Waals surface area (Å²) in [6.45, 7) is 6.38. The van der Waals surface area contributed by atoms with Gasteiger partial charge in [-0.1, -0.05) is 13.8 Å². The molecule has 2 atom stereocenters. The Balaban J connectivity index is 1.56. The van der Waals surface area contributed by atoms with Crippen LogP contribution in [0.4, 0.5) is 0 Å². The van der Waals surface area contributed by atoms with Gasteiger partial charge in [0.05, 0.1) is 17.5 Å². The molecule has 3 fully saturated rings. The Morgan fingerprint density at radius 2 is 2.00 bits per heavy atom. The number of piperazine rings is 1. The van der Waals surface area contributed by atoms with E-state index in [0.29, 0.717) is 18.2 Å². The second-order valence-electron chi connectivity index (χ2n) is 8.01. The van der Waals surface area contributed by atoms with Crippen LogP contribution in [-0.4, -0.2) is 77.5 Å². The van der Waals surface area contributed by atoms with Crippen LogP contribution in [0.5, 0.6) is 0 Å². The number of aromatic amines is 1. The number of carbonyl (C=O) groups excluding carboxylic acids is 1. The van der Waals surface area contributed by atoms with E-state index in [1.807, 2.05) is 13.8 Å². The topological polar surface area (TPSA) is 86.4 Å². The molecule has 0 spiro atoms. The van der Waals surface area contributed by atoms with E-state index in [4.69, 9.17) is 0 Å². The van der Waals surface area contributed by atoms with Crippen molar-refractivity contribution in [3.8, 4) is 0 Å². The minimum atomic E-state index is -3.10. The highest BCUT2D eigenvalue weighted by Gasteiger charge is 2.49. The third kappa shape index (κ3) is 3.33. The number of nitrogens with one attached hydrogen (secondary N) is 1. The molecular weight excluding hydrogens is 340 g/mol. The average Bonchev–Trinajstić information content (AvgIpc) is 3.09.